The van der Waals surface area contributed by atoms with E-state index in [0.717, 1.165) is 31.5 Å². The normalized spacial score (nSPS) is 18.1. The minimum absolute atomic E-state index is 0.00114. The molecule has 1 atom stereocenters. The van der Waals surface area contributed by atoms with Crippen molar-refractivity contribution >= 4 is 23.4 Å². The summed E-state index contributed by atoms with van der Waals surface area (Å²) in [5, 5.41) is 3.66. The fourth-order valence-corrected chi connectivity index (χ4v) is 2.92. The second-order valence-corrected chi connectivity index (χ2v) is 6.99. The van der Waals surface area contributed by atoms with E-state index in [1.165, 1.54) is 0 Å². The quantitative estimate of drug-likeness (QED) is 0.898. The SMILES string of the molecule is CC(C)C(=O)NCC1CCCN(C(=O)Cc2ccc(Cl)cc2)C1. The summed E-state index contributed by atoms with van der Waals surface area (Å²) in [5.74, 6) is 0.573. The average molecular weight is 337 g/mol. The predicted molar refractivity (Wildman–Crippen MR) is 92.3 cm³/mol. The first-order valence-electron chi connectivity index (χ1n) is 8.25. The molecule has 1 aromatic rings. The maximum Gasteiger partial charge on any atom is 0.226 e. The number of hydrogen-bond donors (Lipinski definition) is 1. The number of rotatable bonds is 5. The first-order valence-corrected chi connectivity index (χ1v) is 8.63. The number of nitrogens with zero attached hydrogens (tertiary/aromatic N) is 1. The lowest BCUT2D eigenvalue weighted by Crippen LogP contribution is -2.44. The van der Waals surface area contributed by atoms with Crippen LogP contribution in [0.5, 0.6) is 0 Å². The Bertz CT molecular complexity index is 542. The van der Waals surface area contributed by atoms with E-state index in [9.17, 15) is 9.59 Å². The molecular formula is C18H25ClN2O2. The Morgan fingerprint density at radius 3 is 2.65 bits per heavy atom. The summed E-state index contributed by atoms with van der Waals surface area (Å²) in [6.07, 6.45) is 2.46. The lowest BCUT2D eigenvalue weighted by atomic mass is 9.97. The molecule has 0 saturated carbocycles. The molecule has 1 saturated heterocycles. The van der Waals surface area contributed by atoms with Gasteiger partial charge in [-0.25, -0.2) is 0 Å². The fourth-order valence-electron chi connectivity index (χ4n) is 2.80. The van der Waals surface area contributed by atoms with E-state index in [0.29, 0.717) is 23.9 Å². The van der Waals surface area contributed by atoms with Crippen molar-refractivity contribution in [2.45, 2.75) is 33.1 Å². The second-order valence-electron chi connectivity index (χ2n) is 6.55. The van der Waals surface area contributed by atoms with Crippen LogP contribution in [-0.2, 0) is 16.0 Å². The number of piperidine rings is 1. The molecule has 4 nitrogen and oxygen atoms in total. The monoisotopic (exact) mass is 336 g/mol. The highest BCUT2D eigenvalue weighted by Crippen LogP contribution is 2.18. The Morgan fingerprint density at radius 1 is 1.30 bits per heavy atom. The highest BCUT2D eigenvalue weighted by Gasteiger charge is 2.24. The van der Waals surface area contributed by atoms with Crippen molar-refractivity contribution in [1.82, 2.24) is 10.2 Å². The molecule has 2 rings (SSSR count). The number of halogens is 1. The molecular weight excluding hydrogens is 312 g/mol. The van der Waals surface area contributed by atoms with Crippen LogP contribution in [0.4, 0.5) is 0 Å². The van der Waals surface area contributed by atoms with Crippen molar-refractivity contribution in [3.8, 4) is 0 Å². The molecule has 1 aromatic carbocycles. The average Bonchev–Trinajstić information content (AvgIpc) is 2.54. The van der Waals surface area contributed by atoms with Gasteiger partial charge in [-0.3, -0.25) is 9.59 Å². The van der Waals surface area contributed by atoms with Gasteiger partial charge in [0.15, 0.2) is 0 Å². The third-order valence-corrected chi connectivity index (χ3v) is 4.48. The van der Waals surface area contributed by atoms with E-state index in [2.05, 4.69) is 5.32 Å². The fraction of sp³-hybridized carbons (Fsp3) is 0.556. The van der Waals surface area contributed by atoms with E-state index in [1.807, 2.05) is 43.0 Å². The smallest absolute Gasteiger partial charge is 0.226 e. The topological polar surface area (TPSA) is 49.4 Å². The summed E-state index contributed by atoms with van der Waals surface area (Å²) in [4.78, 5) is 26.0. The molecule has 2 amide bonds. The number of benzene rings is 1. The molecule has 0 spiro atoms. The number of hydrogen-bond acceptors (Lipinski definition) is 2. The van der Waals surface area contributed by atoms with E-state index >= 15 is 0 Å². The van der Waals surface area contributed by atoms with E-state index in [4.69, 9.17) is 11.6 Å². The van der Waals surface area contributed by atoms with Gasteiger partial charge in [-0.2, -0.15) is 0 Å². The zero-order chi connectivity index (χ0) is 16.8. The molecule has 1 fully saturated rings. The molecule has 1 aliphatic rings. The van der Waals surface area contributed by atoms with Crippen LogP contribution in [0, 0.1) is 11.8 Å². The summed E-state index contributed by atoms with van der Waals surface area (Å²) in [6, 6.07) is 7.41. The molecule has 0 aliphatic carbocycles. The van der Waals surface area contributed by atoms with Crippen molar-refractivity contribution in [2.24, 2.45) is 11.8 Å². The molecule has 1 aliphatic heterocycles. The molecule has 5 heteroatoms. The third kappa shape index (κ3) is 5.54. The first kappa shape index (κ1) is 17.8. The van der Waals surface area contributed by atoms with Crippen LogP contribution in [0.15, 0.2) is 24.3 Å². The van der Waals surface area contributed by atoms with Gasteiger partial charge in [-0.1, -0.05) is 37.6 Å². The highest BCUT2D eigenvalue weighted by molar-refractivity contribution is 6.30. The number of carbonyl (C=O) groups is 2. The maximum absolute atomic E-state index is 12.4. The van der Waals surface area contributed by atoms with E-state index < -0.39 is 0 Å². The first-order chi connectivity index (χ1) is 11.0. The highest BCUT2D eigenvalue weighted by atomic mass is 35.5. The molecule has 1 heterocycles. The van der Waals surface area contributed by atoms with Gasteiger partial charge in [0.25, 0.3) is 0 Å². The number of likely N-dealkylation sites (tertiary alicyclic amines) is 1. The van der Waals surface area contributed by atoms with Gasteiger partial charge in [0.05, 0.1) is 6.42 Å². The molecule has 0 aromatic heterocycles. The van der Waals surface area contributed by atoms with Crippen LogP contribution in [0.2, 0.25) is 5.02 Å². The van der Waals surface area contributed by atoms with Crippen LogP contribution in [0.25, 0.3) is 0 Å². The maximum atomic E-state index is 12.4. The third-order valence-electron chi connectivity index (χ3n) is 4.23. The molecule has 0 radical (unpaired) electrons. The largest absolute Gasteiger partial charge is 0.356 e. The summed E-state index contributed by atoms with van der Waals surface area (Å²) in [5.41, 5.74) is 0.981. The van der Waals surface area contributed by atoms with Gasteiger partial charge in [0.1, 0.15) is 0 Å². The summed E-state index contributed by atoms with van der Waals surface area (Å²) in [7, 11) is 0. The Labute approximate surface area is 143 Å². The minimum Gasteiger partial charge on any atom is -0.356 e. The zero-order valence-corrected chi connectivity index (χ0v) is 14.6. The molecule has 0 bridgehead atoms. The van der Waals surface area contributed by atoms with E-state index in [-0.39, 0.29) is 17.7 Å². The van der Waals surface area contributed by atoms with Crippen LogP contribution in [-0.4, -0.2) is 36.3 Å². The van der Waals surface area contributed by atoms with Crippen LogP contribution < -0.4 is 5.32 Å². The van der Waals surface area contributed by atoms with Gasteiger partial charge < -0.3 is 10.2 Å². The zero-order valence-electron chi connectivity index (χ0n) is 13.8. The lowest BCUT2D eigenvalue weighted by molar-refractivity contribution is -0.132. The summed E-state index contributed by atoms with van der Waals surface area (Å²) in [6.45, 7) is 5.96. The lowest BCUT2D eigenvalue weighted by Gasteiger charge is -2.33. The minimum atomic E-state index is 0.00114. The number of amides is 2. The van der Waals surface area contributed by atoms with Crippen molar-refractivity contribution < 1.29 is 9.59 Å². The summed E-state index contributed by atoms with van der Waals surface area (Å²) >= 11 is 5.87. The van der Waals surface area contributed by atoms with Crippen LogP contribution >= 0.6 is 11.6 Å². The van der Waals surface area contributed by atoms with Crippen molar-refractivity contribution in [1.29, 1.82) is 0 Å². The van der Waals surface area contributed by atoms with Gasteiger partial charge in [-0.15, -0.1) is 0 Å². The standard InChI is InChI=1S/C18H25ClN2O2/c1-13(2)18(23)20-11-15-4-3-9-21(12-15)17(22)10-14-5-7-16(19)8-6-14/h5-8,13,15H,3-4,9-12H2,1-2H3,(H,20,23). The Balaban J connectivity index is 1.83. The van der Waals surface area contributed by atoms with Crippen molar-refractivity contribution in [2.75, 3.05) is 19.6 Å². The number of nitrogens with one attached hydrogen (secondary N) is 1. The predicted octanol–water partition coefficient (Wildman–Crippen LogP) is 2.89. The van der Waals surface area contributed by atoms with Gasteiger partial charge in [-0.05, 0) is 36.5 Å². The van der Waals surface area contributed by atoms with Crippen molar-refractivity contribution in [3.05, 3.63) is 34.9 Å². The van der Waals surface area contributed by atoms with Gasteiger partial charge >= 0.3 is 0 Å². The van der Waals surface area contributed by atoms with Crippen LogP contribution in [0.1, 0.15) is 32.3 Å². The summed E-state index contributed by atoms with van der Waals surface area (Å²) < 4.78 is 0. The molecule has 1 N–H and O–H groups in total. The van der Waals surface area contributed by atoms with E-state index in [1.54, 1.807) is 0 Å². The Hall–Kier alpha value is -1.55. The second kappa shape index (κ2) is 8.34. The Kier molecular flexibility index (Phi) is 6.46. The number of carbonyl (C=O) groups excluding carboxylic acids is 2. The Morgan fingerprint density at radius 2 is 2.00 bits per heavy atom. The van der Waals surface area contributed by atoms with Gasteiger partial charge in [0.2, 0.25) is 11.8 Å². The molecule has 126 valence electrons. The van der Waals surface area contributed by atoms with Gasteiger partial charge in [0, 0.05) is 30.6 Å². The van der Waals surface area contributed by atoms with Crippen LogP contribution in [0.3, 0.4) is 0 Å². The molecule has 23 heavy (non-hydrogen) atoms. The van der Waals surface area contributed by atoms with Crippen molar-refractivity contribution in [3.63, 3.8) is 0 Å². The molecule has 1 unspecified atom stereocenters.